The Bertz CT molecular complexity index is 438. The van der Waals surface area contributed by atoms with E-state index in [0.29, 0.717) is 6.61 Å². The van der Waals surface area contributed by atoms with Crippen LogP contribution in [0.25, 0.3) is 0 Å². The van der Waals surface area contributed by atoms with Crippen LogP contribution in [0.5, 0.6) is 11.5 Å². The van der Waals surface area contributed by atoms with Crippen LogP contribution in [0.2, 0.25) is 0 Å². The highest BCUT2D eigenvalue weighted by molar-refractivity contribution is 9.10. The van der Waals surface area contributed by atoms with E-state index in [9.17, 15) is 0 Å². The number of nitrogens with one attached hydrogen (secondary N) is 1. The first-order valence-corrected chi connectivity index (χ1v) is 8.78. The summed E-state index contributed by atoms with van der Waals surface area (Å²) >= 11 is 3.59. The van der Waals surface area contributed by atoms with Gasteiger partial charge in [0, 0.05) is 19.8 Å². The molecule has 0 atom stereocenters. The van der Waals surface area contributed by atoms with Crippen LogP contribution < -0.4 is 14.8 Å². The first-order chi connectivity index (χ1) is 10.6. The molecule has 0 aliphatic heterocycles. The van der Waals surface area contributed by atoms with Crippen molar-refractivity contribution < 1.29 is 14.2 Å². The molecule has 0 aliphatic carbocycles. The average Bonchev–Trinajstić information content (AvgIpc) is 2.46. The number of ether oxygens (including phenoxy) is 3. The van der Waals surface area contributed by atoms with Crippen molar-refractivity contribution in [3.8, 4) is 11.5 Å². The lowest BCUT2D eigenvalue weighted by Gasteiger charge is -2.17. The van der Waals surface area contributed by atoms with Crippen molar-refractivity contribution in [2.24, 2.45) is 0 Å². The Balaban J connectivity index is 2.64. The summed E-state index contributed by atoms with van der Waals surface area (Å²) in [6, 6.07) is 4.12. The van der Waals surface area contributed by atoms with Gasteiger partial charge < -0.3 is 19.5 Å². The molecule has 1 aromatic carbocycles. The van der Waals surface area contributed by atoms with Gasteiger partial charge in [-0.15, -0.1) is 0 Å². The minimum Gasteiger partial charge on any atom is -0.490 e. The molecule has 0 aliphatic rings. The predicted molar refractivity (Wildman–Crippen MR) is 93.9 cm³/mol. The van der Waals surface area contributed by atoms with Gasteiger partial charge in [-0.25, -0.2) is 0 Å². The fraction of sp³-hybridized carbons (Fsp3) is 0.647. The van der Waals surface area contributed by atoms with Crippen molar-refractivity contribution in [2.45, 2.75) is 46.8 Å². The smallest absolute Gasteiger partial charge is 0.175 e. The van der Waals surface area contributed by atoms with Crippen LogP contribution in [-0.2, 0) is 11.3 Å². The summed E-state index contributed by atoms with van der Waals surface area (Å²) in [6.07, 6.45) is 1.13. The molecule has 0 bridgehead atoms. The molecule has 4 nitrogen and oxygen atoms in total. The highest BCUT2D eigenvalue weighted by Crippen LogP contribution is 2.37. The van der Waals surface area contributed by atoms with Gasteiger partial charge in [-0.1, -0.05) is 0 Å². The van der Waals surface area contributed by atoms with Crippen LogP contribution in [0.15, 0.2) is 16.6 Å². The summed E-state index contributed by atoms with van der Waals surface area (Å²) in [7, 11) is 0. The number of halogens is 1. The van der Waals surface area contributed by atoms with Crippen molar-refractivity contribution in [1.82, 2.24) is 5.32 Å². The summed E-state index contributed by atoms with van der Waals surface area (Å²) in [5.41, 5.74) is 1.17. The number of benzene rings is 1. The zero-order chi connectivity index (χ0) is 16.4. The fourth-order valence-electron chi connectivity index (χ4n) is 2.01. The van der Waals surface area contributed by atoms with Crippen LogP contribution in [-0.4, -0.2) is 32.5 Å². The second kappa shape index (κ2) is 10.9. The quantitative estimate of drug-likeness (QED) is 0.591. The maximum atomic E-state index is 5.84. The zero-order valence-electron chi connectivity index (χ0n) is 14.1. The van der Waals surface area contributed by atoms with Gasteiger partial charge in [0.25, 0.3) is 0 Å². The number of hydrogen-bond donors (Lipinski definition) is 1. The van der Waals surface area contributed by atoms with Crippen molar-refractivity contribution in [2.75, 3.05) is 26.4 Å². The largest absolute Gasteiger partial charge is 0.490 e. The van der Waals surface area contributed by atoms with E-state index in [4.69, 9.17) is 14.2 Å². The third-order valence-corrected chi connectivity index (χ3v) is 3.49. The number of rotatable bonds is 11. The molecule has 1 aromatic rings. The third-order valence-electron chi connectivity index (χ3n) is 2.90. The molecule has 5 heteroatoms. The minimum atomic E-state index is 0.109. The van der Waals surface area contributed by atoms with E-state index < -0.39 is 0 Å². The van der Waals surface area contributed by atoms with E-state index >= 15 is 0 Å². The van der Waals surface area contributed by atoms with Gasteiger partial charge in [0.15, 0.2) is 11.5 Å². The zero-order valence-corrected chi connectivity index (χ0v) is 15.7. The molecule has 0 amide bonds. The maximum absolute atomic E-state index is 5.84. The lowest BCUT2D eigenvalue weighted by atomic mass is 10.2. The minimum absolute atomic E-state index is 0.109. The van der Waals surface area contributed by atoms with Crippen LogP contribution in [0, 0.1) is 0 Å². The first kappa shape index (κ1) is 19.3. The van der Waals surface area contributed by atoms with Gasteiger partial charge in [0.05, 0.1) is 17.2 Å². The molecule has 0 aromatic heterocycles. The van der Waals surface area contributed by atoms with Crippen LogP contribution in [0.3, 0.4) is 0 Å². The van der Waals surface area contributed by atoms with Crippen molar-refractivity contribution in [3.63, 3.8) is 0 Å². The third kappa shape index (κ3) is 6.99. The summed E-state index contributed by atoms with van der Waals surface area (Å²) in [5, 5.41) is 3.42. The standard InChI is InChI=1S/C17H28BrNO3/c1-5-20-9-7-8-19-12-14-10-15(18)17(22-13(3)4)16(11-14)21-6-2/h10-11,13,19H,5-9,12H2,1-4H3. The predicted octanol–water partition coefficient (Wildman–Crippen LogP) is 4.15. The molecular weight excluding hydrogens is 346 g/mol. The molecule has 0 saturated heterocycles. The van der Waals surface area contributed by atoms with E-state index in [0.717, 1.165) is 48.7 Å². The summed E-state index contributed by atoms with van der Waals surface area (Å²) in [6.45, 7) is 11.9. The Kier molecular flexibility index (Phi) is 9.52. The SMILES string of the molecule is CCOCCCNCc1cc(Br)c(OC(C)C)c(OCC)c1. The van der Waals surface area contributed by atoms with Gasteiger partial charge in [-0.2, -0.15) is 0 Å². The average molecular weight is 374 g/mol. The normalized spacial score (nSPS) is 11.0. The lowest BCUT2D eigenvalue weighted by Crippen LogP contribution is -2.16. The Morgan fingerprint density at radius 1 is 1.18 bits per heavy atom. The molecule has 0 fully saturated rings. The van der Waals surface area contributed by atoms with E-state index in [-0.39, 0.29) is 6.10 Å². The second-order valence-corrected chi connectivity index (χ2v) is 6.09. The lowest BCUT2D eigenvalue weighted by molar-refractivity contribution is 0.144. The molecule has 126 valence electrons. The van der Waals surface area contributed by atoms with Crippen molar-refractivity contribution in [1.29, 1.82) is 0 Å². The van der Waals surface area contributed by atoms with Crippen LogP contribution in [0.4, 0.5) is 0 Å². The van der Waals surface area contributed by atoms with E-state index in [1.54, 1.807) is 0 Å². The molecule has 0 unspecified atom stereocenters. The molecule has 0 heterocycles. The monoisotopic (exact) mass is 373 g/mol. The molecule has 0 spiro atoms. The fourth-order valence-corrected chi connectivity index (χ4v) is 2.60. The summed E-state index contributed by atoms with van der Waals surface area (Å²) in [4.78, 5) is 0. The Morgan fingerprint density at radius 3 is 2.59 bits per heavy atom. The summed E-state index contributed by atoms with van der Waals surface area (Å²) in [5.74, 6) is 1.56. The maximum Gasteiger partial charge on any atom is 0.175 e. The van der Waals surface area contributed by atoms with Crippen LogP contribution in [0.1, 0.15) is 39.7 Å². The molecule has 0 saturated carbocycles. The Morgan fingerprint density at radius 2 is 1.95 bits per heavy atom. The van der Waals surface area contributed by atoms with Gasteiger partial charge in [-0.05, 0) is 74.3 Å². The molecule has 1 N–H and O–H groups in total. The van der Waals surface area contributed by atoms with Gasteiger partial charge in [0.2, 0.25) is 0 Å². The number of hydrogen-bond acceptors (Lipinski definition) is 4. The Labute approximate surface area is 142 Å². The Hall–Kier alpha value is -0.780. The van der Waals surface area contributed by atoms with Crippen LogP contribution >= 0.6 is 15.9 Å². The van der Waals surface area contributed by atoms with Gasteiger partial charge >= 0.3 is 0 Å². The molecule has 1 rings (SSSR count). The van der Waals surface area contributed by atoms with E-state index in [2.05, 4.69) is 27.3 Å². The van der Waals surface area contributed by atoms with Crippen molar-refractivity contribution >= 4 is 15.9 Å². The topological polar surface area (TPSA) is 39.7 Å². The highest BCUT2D eigenvalue weighted by Gasteiger charge is 2.13. The highest BCUT2D eigenvalue weighted by atomic mass is 79.9. The van der Waals surface area contributed by atoms with E-state index in [1.165, 1.54) is 5.56 Å². The van der Waals surface area contributed by atoms with Gasteiger partial charge in [0.1, 0.15) is 0 Å². The van der Waals surface area contributed by atoms with Gasteiger partial charge in [-0.3, -0.25) is 0 Å². The molecule has 0 radical (unpaired) electrons. The van der Waals surface area contributed by atoms with Crippen molar-refractivity contribution in [3.05, 3.63) is 22.2 Å². The first-order valence-electron chi connectivity index (χ1n) is 7.98. The molecule has 22 heavy (non-hydrogen) atoms. The summed E-state index contributed by atoms with van der Waals surface area (Å²) < 4.78 is 17.8. The molecular formula is C17H28BrNO3. The second-order valence-electron chi connectivity index (χ2n) is 5.23. The van der Waals surface area contributed by atoms with E-state index in [1.807, 2.05) is 33.8 Å².